The van der Waals surface area contributed by atoms with Crippen LogP contribution in [0.5, 0.6) is 0 Å². The number of amides is 1. The van der Waals surface area contributed by atoms with Crippen LogP contribution in [0.3, 0.4) is 0 Å². The Morgan fingerprint density at radius 1 is 1.31 bits per heavy atom. The number of nitrogens with one attached hydrogen (secondary N) is 2. The molecule has 0 spiro atoms. The SMILES string of the molecule is Cc1ccc(S(=O)(=O)NCC2CCCN(CC(=O)Nc3sccc3C#N)C2)cc1. The summed E-state index contributed by atoms with van der Waals surface area (Å²) in [6.45, 7) is 3.93. The lowest BCUT2D eigenvalue weighted by atomic mass is 9.98. The van der Waals surface area contributed by atoms with Crippen LogP contribution in [0, 0.1) is 24.2 Å². The molecule has 1 saturated heterocycles. The third-order valence-electron chi connectivity index (χ3n) is 4.90. The first-order valence-corrected chi connectivity index (χ1v) is 11.8. The fourth-order valence-corrected chi connectivity index (χ4v) is 5.22. The second kappa shape index (κ2) is 9.50. The van der Waals surface area contributed by atoms with Gasteiger partial charge in [-0.3, -0.25) is 9.69 Å². The van der Waals surface area contributed by atoms with Crippen molar-refractivity contribution in [3.05, 3.63) is 46.8 Å². The molecule has 7 nitrogen and oxygen atoms in total. The molecule has 1 aromatic heterocycles. The van der Waals surface area contributed by atoms with Gasteiger partial charge >= 0.3 is 0 Å². The first-order chi connectivity index (χ1) is 13.9. The van der Waals surface area contributed by atoms with Gasteiger partial charge in [0.25, 0.3) is 0 Å². The number of thiophene rings is 1. The minimum atomic E-state index is -3.54. The molecule has 2 aromatic rings. The second-order valence-electron chi connectivity index (χ2n) is 7.23. The smallest absolute Gasteiger partial charge is 0.240 e. The molecule has 1 atom stereocenters. The monoisotopic (exact) mass is 432 g/mol. The molecule has 9 heteroatoms. The molecular weight excluding hydrogens is 408 g/mol. The van der Waals surface area contributed by atoms with Crippen molar-refractivity contribution in [3.63, 3.8) is 0 Å². The van der Waals surface area contributed by atoms with Crippen LogP contribution in [0.25, 0.3) is 0 Å². The van der Waals surface area contributed by atoms with Crippen molar-refractivity contribution in [2.24, 2.45) is 5.92 Å². The van der Waals surface area contributed by atoms with Crippen molar-refractivity contribution < 1.29 is 13.2 Å². The molecule has 0 radical (unpaired) electrons. The van der Waals surface area contributed by atoms with Gasteiger partial charge in [0.2, 0.25) is 15.9 Å². The summed E-state index contributed by atoms with van der Waals surface area (Å²) in [5, 5.41) is 14.2. The first-order valence-electron chi connectivity index (χ1n) is 9.43. The number of nitrogens with zero attached hydrogens (tertiary/aromatic N) is 2. The number of carbonyl (C=O) groups excluding carboxylic acids is 1. The Hall–Kier alpha value is -2.25. The van der Waals surface area contributed by atoms with E-state index in [0.717, 1.165) is 24.9 Å². The summed E-state index contributed by atoms with van der Waals surface area (Å²) in [5.74, 6) is -0.0157. The van der Waals surface area contributed by atoms with Crippen molar-refractivity contribution in [3.8, 4) is 6.07 Å². The van der Waals surface area contributed by atoms with Crippen LogP contribution < -0.4 is 10.0 Å². The molecule has 0 bridgehead atoms. The Kier molecular flexibility index (Phi) is 7.03. The standard InChI is InChI=1S/C20H24N4O3S2/c1-15-4-6-18(7-5-15)29(26,27)22-12-16-3-2-9-24(13-16)14-19(25)23-20-17(11-21)8-10-28-20/h4-8,10,16,22H,2-3,9,12-14H2,1H3,(H,23,25). The fourth-order valence-electron chi connectivity index (χ4n) is 3.35. The second-order valence-corrected chi connectivity index (χ2v) is 9.91. The Morgan fingerprint density at radius 2 is 2.07 bits per heavy atom. The van der Waals surface area contributed by atoms with E-state index >= 15 is 0 Å². The topological polar surface area (TPSA) is 102 Å². The third kappa shape index (κ3) is 5.87. The maximum atomic E-state index is 12.5. The Balaban J connectivity index is 1.50. The summed E-state index contributed by atoms with van der Waals surface area (Å²) in [6.07, 6.45) is 1.82. The van der Waals surface area contributed by atoms with E-state index in [-0.39, 0.29) is 23.3 Å². The highest BCUT2D eigenvalue weighted by atomic mass is 32.2. The average Bonchev–Trinajstić information content (AvgIpc) is 3.14. The van der Waals surface area contributed by atoms with Gasteiger partial charge in [-0.05, 0) is 55.8 Å². The van der Waals surface area contributed by atoms with E-state index in [2.05, 4.69) is 16.1 Å². The van der Waals surface area contributed by atoms with Crippen LogP contribution in [-0.2, 0) is 14.8 Å². The highest BCUT2D eigenvalue weighted by Crippen LogP contribution is 2.22. The molecule has 3 rings (SSSR count). The molecule has 0 aliphatic carbocycles. The van der Waals surface area contributed by atoms with E-state index in [1.54, 1.807) is 35.7 Å². The van der Waals surface area contributed by atoms with Crippen molar-refractivity contribution in [1.29, 1.82) is 5.26 Å². The molecule has 154 valence electrons. The minimum Gasteiger partial charge on any atom is -0.315 e. The van der Waals surface area contributed by atoms with E-state index in [1.807, 2.05) is 11.8 Å². The van der Waals surface area contributed by atoms with Gasteiger partial charge in [-0.15, -0.1) is 11.3 Å². The summed E-state index contributed by atoms with van der Waals surface area (Å²) >= 11 is 1.32. The summed E-state index contributed by atoms with van der Waals surface area (Å²) in [6, 6.07) is 10.5. The van der Waals surface area contributed by atoms with Crippen molar-refractivity contribution in [2.45, 2.75) is 24.7 Å². The quantitative estimate of drug-likeness (QED) is 0.700. The number of aryl methyl sites for hydroxylation is 1. The molecule has 1 unspecified atom stereocenters. The predicted molar refractivity (Wildman–Crippen MR) is 113 cm³/mol. The van der Waals surface area contributed by atoms with E-state index in [4.69, 9.17) is 5.26 Å². The van der Waals surface area contributed by atoms with Crippen molar-refractivity contribution in [2.75, 3.05) is 31.5 Å². The number of hydrogen-bond donors (Lipinski definition) is 2. The normalized spacial score (nSPS) is 17.6. The van der Waals surface area contributed by atoms with Gasteiger partial charge < -0.3 is 5.32 Å². The van der Waals surface area contributed by atoms with Gasteiger partial charge in [-0.25, -0.2) is 13.1 Å². The average molecular weight is 433 g/mol. The number of carbonyl (C=O) groups is 1. The number of nitriles is 1. The summed E-state index contributed by atoms with van der Waals surface area (Å²) < 4.78 is 27.6. The summed E-state index contributed by atoms with van der Waals surface area (Å²) in [4.78, 5) is 14.6. The van der Waals surface area contributed by atoms with Gasteiger partial charge in [-0.2, -0.15) is 5.26 Å². The van der Waals surface area contributed by atoms with Gasteiger partial charge in [0.05, 0.1) is 17.0 Å². The van der Waals surface area contributed by atoms with E-state index in [0.29, 0.717) is 23.7 Å². The first kappa shape index (κ1) is 21.5. The van der Waals surface area contributed by atoms with E-state index in [9.17, 15) is 13.2 Å². The van der Waals surface area contributed by atoms with E-state index < -0.39 is 10.0 Å². The zero-order valence-electron chi connectivity index (χ0n) is 16.2. The number of piperidine rings is 1. The third-order valence-corrected chi connectivity index (χ3v) is 7.17. The zero-order chi connectivity index (χ0) is 20.9. The molecule has 0 saturated carbocycles. The molecule has 29 heavy (non-hydrogen) atoms. The van der Waals surface area contributed by atoms with Gasteiger partial charge in [0.1, 0.15) is 11.1 Å². The minimum absolute atomic E-state index is 0.146. The highest BCUT2D eigenvalue weighted by Gasteiger charge is 2.24. The van der Waals surface area contributed by atoms with Crippen LogP contribution in [0.1, 0.15) is 24.0 Å². The molecule has 1 amide bonds. The lowest BCUT2D eigenvalue weighted by Crippen LogP contribution is -2.43. The molecule has 1 aromatic carbocycles. The van der Waals surface area contributed by atoms with Crippen molar-refractivity contribution in [1.82, 2.24) is 9.62 Å². The molecule has 1 aliphatic rings. The Morgan fingerprint density at radius 3 is 2.79 bits per heavy atom. The molecule has 1 aliphatic heterocycles. The Labute approximate surface area is 175 Å². The van der Waals surface area contributed by atoms with Crippen LogP contribution >= 0.6 is 11.3 Å². The number of rotatable bonds is 7. The number of sulfonamides is 1. The fraction of sp³-hybridized carbons (Fsp3) is 0.400. The Bertz CT molecular complexity index is 993. The van der Waals surface area contributed by atoms with E-state index in [1.165, 1.54) is 11.3 Å². The summed E-state index contributed by atoms with van der Waals surface area (Å²) in [5.41, 5.74) is 1.47. The number of anilines is 1. The molecule has 1 fully saturated rings. The maximum Gasteiger partial charge on any atom is 0.240 e. The van der Waals surface area contributed by atoms with Gasteiger partial charge in [0.15, 0.2) is 0 Å². The predicted octanol–water partition coefficient (Wildman–Crippen LogP) is 2.56. The molecular formula is C20H24N4O3S2. The molecule has 2 N–H and O–H groups in total. The largest absolute Gasteiger partial charge is 0.315 e. The highest BCUT2D eigenvalue weighted by molar-refractivity contribution is 7.89. The number of hydrogen-bond acceptors (Lipinski definition) is 6. The zero-order valence-corrected chi connectivity index (χ0v) is 17.9. The summed E-state index contributed by atoms with van der Waals surface area (Å²) in [7, 11) is -3.54. The van der Waals surface area contributed by atoms with Crippen LogP contribution in [0.2, 0.25) is 0 Å². The number of benzene rings is 1. The van der Waals surface area contributed by atoms with Crippen LogP contribution in [0.15, 0.2) is 40.6 Å². The molecule has 2 heterocycles. The van der Waals surface area contributed by atoms with Crippen LogP contribution in [0.4, 0.5) is 5.00 Å². The van der Waals surface area contributed by atoms with Gasteiger partial charge in [0, 0.05) is 13.1 Å². The maximum absolute atomic E-state index is 12.5. The van der Waals surface area contributed by atoms with Gasteiger partial charge in [-0.1, -0.05) is 17.7 Å². The van der Waals surface area contributed by atoms with Crippen molar-refractivity contribution >= 4 is 32.3 Å². The lowest BCUT2D eigenvalue weighted by Gasteiger charge is -2.32. The number of likely N-dealkylation sites (tertiary alicyclic amines) is 1. The lowest BCUT2D eigenvalue weighted by molar-refractivity contribution is -0.117. The van der Waals surface area contributed by atoms with Crippen LogP contribution in [-0.4, -0.2) is 45.4 Å².